The van der Waals surface area contributed by atoms with E-state index in [1.165, 1.54) is 12.1 Å². The molecule has 0 spiro atoms. The summed E-state index contributed by atoms with van der Waals surface area (Å²) in [5.41, 5.74) is 1.72. The Morgan fingerprint density at radius 1 is 1.32 bits per heavy atom. The van der Waals surface area contributed by atoms with E-state index in [4.69, 9.17) is 0 Å². The highest BCUT2D eigenvalue weighted by Gasteiger charge is 2.21. The number of anilines is 2. The fourth-order valence-corrected chi connectivity index (χ4v) is 2.12. The summed E-state index contributed by atoms with van der Waals surface area (Å²) in [5.74, 6) is 0.249. The summed E-state index contributed by atoms with van der Waals surface area (Å²) < 4.78 is 12.9. The van der Waals surface area contributed by atoms with E-state index < -0.39 is 4.92 Å². The predicted octanol–water partition coefficient (Wildman–Crippen LogP) is 3.35. The Kier molecular flexibility index (Phi) is 4.88. The van der Waals surface area contributed by atoms with Gasteiger partial charge in [-0.15, -0.1) is 0 Å². The van der Waals surface area contributed by atoms with Gasteiger partial charge in [0, 0.05) is 19.7 Å². The molecule has 1 heterocycles. The molecule has 0 aliphatic carbocycles. The molecule has 0 amide bonds. The van der Waals surface area contributed by atoms with Crippen LogP contribution < -0.4 is 10.6 Å². The maximum Gasteiger partial charge on any atom is 0.313 e. The van der Waals surface area contributed by atoms with Gasteiger partial charge in [-0.1, -0.05) is 19.1 Å². The van der Waals surface area contributed by atoms with Crippen molar-refractivity contribution < 1.29 is 9.31 Å². The minimum Gasteiger partial charge on any atom is -0.382 e. The molecule has 0 aliphatic heterocycles. The Balaban J connectivity index is 2.24. The van der Waals surface area contributed by atoms with Gasteiger partial charge in [-0.25, -0.2) is 9.37 Å². The van der Waals surface area contributed by atoms with E-state index in [9.17, 15) is 14.5 Å². The highest BCUT2D eigenvalue weighted by atomic mass is 19.1. The molecular weight excluding hydrogens is 287 g/mol. The van der Waals surface area contributed by atoms with Crippen molar-refractivity contribution in [3.8, 4) is 0 Å². The molecule has 22 heavy (non-hydrogen) atoms. The smallest absolute Gasteiger partial charge is 0.313 e. The molecule has 0 radical (unpaired) electrons. The third kappa shape index (κ3) is 3.49. The number of nitrogens with one attached hydrogen (secondary N) is 2. The maximum absolute atomic E-state index is 12.9. The van der Waals surface area contributed by atoms with Gasteiger partial charge in [0.2, 0.25) is 0 Å². The fourth-order valence-electron chi connectivity index (χ4n) is 2.12. The summed E-state index contributed by atoms with van der Waals surface area (Å²) in [6, 6.07) is 7.72. The molecule has 0 aliphatic rings. The van der Waals surface area contributed by atoms with E-state index >= 15 is 0 Å². The van der Waals surface area contributed by atoms with Crippen molar-refractivity contribution in [2.75, 3.05) is 17.7 Å². The second kappa shape index (κ2) is 6.84. The summed E-state index contributed by atoms with van der Waals surface area (Å²) in [6.45, 7) is 2.27. The minimum atomic E-state index is -0.429. The zero-order chi connectivity index (χ0) is 16.1. The number of aryl methyl sites for hydroxylation is 1. The van der Waals surface area contributed by atoms with Crippen LogP contribution >= 0.6 is 0 Å². The minimum absolute atomic E-state index is 0.00247. The van der Waals surface area contributed by atoms with Gasteiger partial charge >= 0.3 is 5.69 Å². The Labute approximate surface area is 127 Å². The van der Waals surface area contributed by atoms with Crippen LogP contribution in [-0.2, 0) is 13.0 Å². The van der Waals surface area contributed by atoms with E-state index in [1.807, 2.05) is 6.92 Å². The van der Waals surface area contributed by atoms with Crippen molar-refractivity contribution in [3.05, 3.63) is 57.5 Å². The molecule has 0 saturated carbocycles. The van der Waals surface area contributed by atoms with Crippen molar-refractivity contribution in [1.29, 1.82) is 0 Å². The van der Waals surface area contributed by atoms with Crippen molar-refractivity contribution >= 4 is 17.2 Å². The molecule has 0 saturated heterocycles. The number of pyridine rings is 1. The van der Waals surface area contributed by atoms with Crippen LogP contribution in [0.3, 0.4) is 0 Å². The molecule has 2 aromatic rings. The van der Waals surface area contributed by atoms with Crippen LogP contribution in [0.1, 0.15) is 18.2 Å². The van der Waals surface area contributed by atoms with Gasteiger partial charge in [0.15, 0.2) is 0 Å². The molecule has 0 unspecified atom stereocenters. The summed E-state index contributed by atoms with van der Waals surface area (Å²) in [5, 5.41) is 17.1. The number of rotatable bonds is 6. The molecule has 0 bridgehead atoms. The average molecular weight is 304 g/mol. The van der Waals surface area contributed by atoms with Crippen LogP contribution in [0, 0.1) is 15.9 Å². The molecule has 1 aromatic heterocycles. The maximum atomic E-state index is 12.9. The van der Waals surface area contributed by atoms with Crippen LogP contribution in [0.15, 0.2) is 30.3 Å². The van der Waals surface area contributed by atoms with Gasteiger partial charge in [0.05, 0.1) is 4.92 Å². The van der Waals surface area contributed by atoms with E-state index in [0.717, 1.165) is 5.56 Å². The Hall–Kier alpha value is -2.70. The van der Waals surface area contributed by atoms with Crippen molar-refractivity contribution in [3.63, 3.8) is 0 Å². The lowest BCUT2D eigenvalue weighted by atomic mass is 10.2. The first kappa shape index (κ1) is 15.7. The van der Waals surface area contributed by atoms with E-state index in [1.54, 1.807) is 25.2 Å². The predicted molar refractivity (Wildman–Crippen MR) is 83.5 cm³/mol. The van der Waals surface area contributed by atoms with E-state index in [0.29, 0.717) is 30.2 Å². The third-order valence-electron chi connectivity index (χ3n) is 3.24. The molecule has 1 aromatic carbocycles. The molecule has 0 fully saturated rings. The quantitative estimate of drug-likeness (QED) is 0.632. The summed E-state index contributed by atoms with van der Waals surface area (Å²) in [7, 11) is 1.63. The van der Waals surface area contributed by atoms with Crippen LogP contribution in [0.2, 0.25) is 0 Å². The van der Waals surface area contributed by atoms with Crippen molar-refractivity contribution in [2.45, 2.75) is 19.9 Å². The molecule has 2 rings (SSSR count). The Morgan fingerprint density at radius 2 is 2.00 bits per heavy atom. The number of aromatic nitrogens is 1. The van der Waals surface area contributed by atoms with Crippen molar-refractivity contribution in [1.82, 2.24) is 4.98 Å². The Bertz CT molecular complexity index is 649. The van der Waals surface area contributed by atoms with Crippen LogP contribution in [0.25, 0.3) is 0 Å². The molecule has 2 N–H and O–H groups in total. The highest BCUT2D eigenvalue weighted by molar-refractivity contribution is 5.68. The number of nitro groups is 1. The number of hydrogen-bond donors (Lipinski definition) is 2. The molecule has 0 atom stereocenters. The zero-order valence-electron chi connectivity index (χ0n) is 12.4. The van der Waals surface area contributed by atoms with Gasteiger partial charge in [-0.05, 0) is 24.1 Å². The lowest BCUT2D eigenvalue weighted by molar-refractivity contribution is -0.384. The van der Waals surface area contributed by atoms with Crippen LogP contribution in [0.4, 0.5) is 21.6 Å². The molecule has 6 nitrogen and oxygen atoms in total. The number of halogens is 1. The normalized spacial score (nSPS) is 10.3. The largest absolute Gasteiger partial charge is 0.382 e. The average Bonchev–Trinajstić information content (AvgIpc) is 2.53. The lowest BCUT2D eigenvalue weighted by Crippen LogP contribution is -2.07. The first-order valence-corrected chi connectivity index (χ1v) is 6.89. The van der Waals surface area contributed by atoms with Gasteiger partial charge in [-0.3, -0.25) is 10.1 Å². The topological polar surface area (TPSA) is 80.1 Å². The summed E-state index contributed by atoms with van der Waals surface area (Å²) >= 11 is 0. The summed E-state index contributed by atoms with van der Waals surface area (Å²) in [6.07, 6.45) is 0.455. The second-order valence-electron chi connectivity index (χ2n) is 4.69. The van der Waals surface area contributed by atoms with Gasteiger partial charge < -0.3 is 10.6 Å². The zero-order valence-corrected chi connectivity index (χ0v) is 12.4. The lowest BCUT2D eigenvalue weighted by Gasteiger charge is -2.11. The van der Waals surface area contributed by atoms with Crippen LogP contribution in [0.5, 0.6) is 0 Å². The monoisotopic (exact) mass is 304 g/mol. The number of hydrogen-bond acceptors (Lipinski definition) is 5. The van der Waals surface area contributed by atoms with E-state index in [2.05, 4.69) is 15.6 Å². The first-order valence-electron chi connectivity index (χ1n) is 6.89. The third-order valence-corrected chi connectivity index (χ3v) is 3.24. The Morgan fingerprint density at radius 3 is 2.55 bits per heavy atom. The van der Waals surface area contributed by atoms with E-state index in [-0.39, 0.29) is 11.5 Å². The standard InChI is InChI=1S/C15H17FN4O2/c1-3-12-15(20(21)22)13(17-2)8-14(19-12)18-9-10-4-6-11(16)7-5-10/h4-8H,3,9H2,1-2H3,(H2,17,18,19). The van der Waals surface area contributed by atoms with Gasteiger partial charge in [-0.2, -0.15) is 0 Å². The highest BCUT2D eigenvalue weighted by Crippen LogP contribution is 2.30. The fraction of sp³-hybridized carbons (Fsp3) is 0.267. The second-order valence-corrected chi connectivity index (χ2v) is 4.69. The molecular formula is C15H17FN4O2. The first-order chi connectivity index (χ1) is 10.5. The molecule has 116 valence electrons. The molecule has 7 heteroatoms. The number of nitrogens with zero attached hydrogens (tertiary/aromatic N) is 2. The SMILES string of the molecule is CCc1nc(NCc2ccc(F)cc2)cc(NC)c1[N+](=O)[O-]. The van der Waals surface area contributed by atoms with Crippen molar-refractivity contribution in [2.24, 2.45) is 0 Å². The van der Waals surface area contributed by atoms with Gasteiger partial charge in [0.1, 0.15) is 23.0 Å². The summed E-state index contributed by atoms with van der Waals surface area (Å²) in [4.78, 5) is 15.0. The van der Waals surface area contributed by atoms with Gasteiger partial charge in [0.25, 0.3) is 0 Å². The number of benzene rings is 1. The van der Waals surface area contributed by atoms with Crippen LogP contribution in [-0.4, -0.2) is 17.0 Å².